The standard InChI is InChI=1S/C15H21NO3/c1-10-7-12(18-2)8-13(19-3)14(10)15(17)11-5-4-6-16-9-11/h7-8,11,16H,4-6,9H2,1-3H3. The van der Waals surface area contributed by atoms with Crippen molar-refractivity contribution in [2.75, 3.05) is 27.3 Å². The molecular weight excluding hydrogens is 242 g/mol. The van der Waals surface area contributed by atoms with Gasteiger partial charge in [0, 0.05) is 18.5 Å². The summed E-state index contributed by atoms with van der Waals surface area (Å²) in [7, 11) is 3.20. The highest BCUT2D eigenvalue weighted by atomic mass is 16.5. The molecule has 0 aliphatic carbocycles. The molecular formula is C15H21NO3. The number of piperidine rings is 1. The summed E-state index contributed by atoms with van der Waals surface area (Å²) in [6.45, 7) is 3.69. The minimum atomic E-state index is 0.0507. The number of Topliss-reactive ketones (excluding diaryl/α,β-unsaturated/α-hetero) is 1. The number of methoxy groups -OCH3 is 2. The molecule has 1 aliphatic rings. The molecule has 4 nitrogen and oxygen atoms in total. The molecule has 1 N–H and O–H groups in total. The fourth-order valence-electron chi connectivity index (χ4n) is 2.60. The van der Waals surface area contributed by atoms with Crippen LogP contribution in [0.3, 0.4) is 0 Å². The summed E-state index contributed by atoms with van der Waals surface area (Å²) >= 11 is 0. The van der Waals surface area contributed by atoms with Gasteiger partial charge in [0.15, 0.2) is 5.78 Å². The monoisotopic (exact) mass is 263 g/mol. The fourth-order valence-corrected chi connectivity index (χ4v) is 2.60. The molecule has 19 heavy (non-hydrogen) atoms. The Labute approximate surface area is 114 Å². The smallest absolute Gasteiger partial charge is 0.171 e. The molecule has 0 aromatic heterocycles. The van der Waals surface area contributed by atoms with Gasteiger partial charge in [0.1, 0.15) is 11.5 Å². The average Bonchev–Trinajstić information content (AvgIpc) is 2.46. The van der Waals surface area contributed by atoms with E-state index in [1.165, 1.54) is 0 Å². The summed E-state index contributed by atoms with van der Waals surface area (Å²) in [5.41, 5.74) is 1.60. The maximum absolute atomic E-state index is 12.6. The van der Waals surface area contributed by atoms with E-state index in [0.29, 0.717) is 17.1 Å². The van der Waals surface area contributed by atoms with Crippen molar-refractivity contribution >= 4 is 5.78 Å². The molecule has 0 bridgehead atoms. The highest BCUT2D eigenvalue weighted by Crippen LogP contribution is 2.31. The van der Waals surface area contributed by atoms with Gasteiger partial charge in [0.2, 0.25) is 0 Å². The SMILES string of the molecule is COc1cc(C)c(C(=O)C2CCCNC2)c(OC)c1. The van der Waals surface area contributed by atoms with Gasteiger partial charge in [-0.25, -0.2) is 0 Å². The first-order valence-corrected chi connectivity index (χ1v) is 6.65. The van der Waals surface area contributed by atoms with Crippen LogP contribution in [0.15, 0.2) is 12.1 Å². The number of ether oxygens (including phenoxy) is 2. The van der Waals surface area contributed by atoms with Crippen LogP contribution in [0.1, 0.15) is 28.8 Å². The third-order valence-electron chi connectivity index (χ3n) is 3.64. The van der Waals surface area contributed by atoms with E-state index >= 15 is 0 Å². The van der Waals surface area contributed by atoms with Crippen molar-refractivity contribution in [1.29, 1.82) is 0 Å². The summed E-state index contributed by atoms with van der Waals surface area (Å²) in [6.07, 6.45) is 1.99. The van der Waals surface area contributed by atoms with E-state index < -0.39 is 0 Å². The Morgan fingerprint density at radius 3 is 2.68 bits per heavy atom. The number of hydrogen-bond acceptors (Lipinski definition) is 4. The van der Waals surface area contributed by atoms with Gasteiger partial charge in [-0.2, -0.15) is 0 Å². The lowest BCUT2D eigenvalue weighted by atomic mass is 9.88. The van der Waals surface area contributed by atoms with E-state index in [1.807, 2.05) is 13.0 Å². The summed E-state index contributed by atoms with van der Waals surface area (Å²) in [5.74, 6) is 1.54. The van der Waals surface area contributed by atoms with Crippen LogP contribution in [-0.4, -0.2) is 33.1 Å². The van der Waals surface area contributed by atoms with Gasteiger partial charge >= 0.3 is 0 Å². The van der Waals surface area contributed by atoms with E-state index in [1.54, 1.807) is 20.3 Å². The van der Waals surface area contributed by atoms with Crippen LogP contribution in [0.5, 0.6) is 11.5 Å². The lowest BCUT2D eigenvalue weighted by molar-refractivity contribution is 0.0896. The molecule has 1 fully saturated rings. The Hall–Kier alpha value is -1.55. The first-order valence-electron chi connectivity index (χ1n) is 6.65. The van der Waals surface area contributed by atoms with Gasteiger partial charge < -0.3 is 14.8 Å². The third kappa shape index (κ3) is 2.89. The topological polar surface area (TPSA) is 47.6 Å². The molecule has 1 heterocycles. The maximum atomic E-state index is 12.6. The Bertz CT molecular complexity index is 465. The van der Waals surface area contributed by atoms with Crippen LogP contribution in [0, 0.1) is 12.8 Å². The lowest BCUT2D eigenvalue weighted by Crippen LogP contribution is -2.34. The Kier molecular flexibility index (Phi) is 4.43. The summed E-state index contributed by atoms with van der Waals surface area (Å²) in [5, 5.41) is 3.28. The molecule has 2 rings (SSSR count). The maximum Gasteiger partial charge on any atom is 0.171 e. The molecule has 1 aromatic carbocycles. The minimum absolute atomic E-state index is 0.0507. The second-order valence-corrected chi connectivity index (χ2v) is 4.93. The van der Waals surface area contributed by atoms with Crippen LogP contribution in [-0.2, 0) is 0 Å². The van der Waals surface area contributed by atoms with Crippen molar-refractivity contribution < 1.29 is 14.3 Å². The van der Waals surface area contributed by atoms with Crippen molar-refractivity contribution in [2.45, 2.75) is 19.8 Å². The first-order chi connectivity index (χ1) is 9.17. The minimum Gasteiger partial charge on any atom is -0.497 e. The van der Waals surface area contributed by atoms with E-state index in [-0.39, 0.29) is 11.7 Å². The molecule has 0 spiro atoms. The van der Waals surface area contributed by atoms with Crippen molar-refractivity contribution in [3.8, 4) is 11.5 Å². The van der Waals surface area contributed by atoms with Crippen molar-refractivity contribution in [2.24, 2.45) is 5.92 Å². The molecule has 1 atom stereocenters. The Balaban J connectivity index is 2.34. The molecule has 1 aliphatic heterocycles. The van der Waals surface area contributed by atoms with E-state index in [9.17, 15) is 4.79 Å². The zero-order valence-corrected chi connectivity index (χ0v) is 11.8. The molecule has 1 saturated heterocycles. The van der Waals surface area contributed by atoms with Crippen molar-refractivity contribution in [3.05, 3.63) is 23.3 Å². The van der Waals surface area contributed by atoms with Gasteiger partial charge in [-0.15, -0.1) is 0 Å². The number of nitrogens with one attached hydrogen (secondary N) is 1. The van der Waals surface area contributed by atoms with Crippen LogP contribution >= 0.6 is 0 Å². The molecule has 0 amide bonds. The normalized spacial score (nSPS) is 19.0. The highest BCUT2D eigenvalue weighted by molar-refractivity contribution is 6.02. The van der Waals surface area contributed by atoms with E-state index in [4.69, 9.17) is 9.47 Å². The number of ketones is 1. The van der Waals surface area contributed by atoms with Gasteiger partial charge in [0.25, 0.3) is 0 Å². The number of hydrogen-bond donors (Lipinski definition) is 1. The Morgan fingerprint density at radius 2 is 2.11 bits per heavy atom. The predicted octanol–water partition coefficient (Wildman–Crippen LogP) is 2.19. The predicted molar refractivity (Wildman–Crippen MR) is 74.2 cm³/mol. The average molecular weight is 263 g/mol. The summed E-state index contributed by atoms with van der Waals surface area (Å²) in [4.78, 5) is 12.6. The second-order valence-electron chi connectivity index (χ2n) is 4.93. The quantitative estimate of drug-likeness (QED) is 0.846. The van der Waals surface area contributed by atoms with Gasteiger partial charge in [-0.1, -0.05) is 0 Å². The van der Waals surface area contributed by atoms with E-state index in [0.717, 1.165) is 31.5 Å². The molecule has 4 heteroatoms. The van der Waals surface area contributed by atoms with Crippen LogP contribution < -0.4 is 14.8 Å². The molecule has 0 saturated carbocycles. The number of aryl methyl sites for hydroxylation is 1. The largest absolute Gasteiger partial charge is 0.497 e. The van der Waals surface area contributed by atoms with Crippen LogP contribution in [0.2, 0.25) is 0 Å². The van der Waals surface area contributed by atoms with E-state index in [2.05, 4.69) is 5.32 Å². The Morgan fingerprint density at radius 1 is 1.32 bits per heavy atom. The van der Waals surface area contributed by atoms with Crippen molar-refractivity contribution in [1.82, 2.24) is 5.32 Å². The summed E-state index contributed by atoms with van der Waals surface area (Å²) in [6, 6.07) is 3.66. The zero-order valence-electron chi connectivity index (χ0n) is 11.8. The second kappa shape index (κ2) is 6.06. The zero-order chi connectivity index (χ0) is 13.8. The molecule has 1 aromatic rings. The van der Waals surface area contributed by atoms with Gasteiger partial charge in [-0.05, 0) is 37.9 Å². The summed E-state index contributed by atoms with van der Waals surface area (Å²) < 4.78 is 10.6. The number of carbonyl (C=O) groups excluding carboxylic acids is 1. The molecule has 1 unspecified atom stereocenters. The van der Waals surface area contributed by atoms with Crippen LogP contribution in [0.25, 0.3) is 0 Å². The third-order valence-corrected chi connectivity index (χ3v) is 3.64. The van der Waals surface area contributed by atoms with Crippen LogP contribution in [0.4, 0.5) is 0 Å². The fraction of sp³-hybridized carbons (Fsp3) is 0.533. The molecule has 104 valence electrons. The van der Waals surface area contributed by atoms with Crippen molar-refractivity contribution in [3.63, 3.8) is 0 Å². The van der Waals surface area contributed by atoms with Gasteiger partial charge in [0.05, 0.1) is 19.8 Å². The number of rotatable bonds is 4. The first kappa shape index (κ1) is 13.9. The lowest BCUT2D eigenvalue weighted by Gasteiger charge is -2.23. The van der Waals surface area contributed by atoms with Gasteiger partial charge in [-0.3, -0.25) is 4.79 Å². The highest BCUT2D eigenvalue weighted by Gasteiger charge is 2.26. The number of carbonyl (C=O) groups is 1. The number of benzene rings is 1. The molecule has 0 radical (unpaired) electrons.